The van der Waals surface area contributed by atoms with Crippen LogP contribution in [0.2, 0.25) is 5.02 Å². The van der Waals surface area contributed by atoms with Gasteiger partial charge in [-0.05, 0) is 67.3 Å². The maximum Gasteiger partial charge on any atom is 0.140 e. The summed E-state index contributed by atoms with van der Waals surface area (Å²) in [6.45, 7) is 1.76. The molecule has 1 fully saturated rings. The van der Waals surface area contributed by atoms with Crippen molar-refractivity contribution in [1.82, 2.24) is 4.90 Å². The van der Waals surface area contributed by atoms with Crippen molar-refractivity contribution in [1.29, 1.82) is 5.26 Å². The summed E-state index contributed by atoms with van der Waals surface area (Å²) in [7, 11) is 0. The molecule has 2 aromatic rings. The predicted octanol–water partition coefficient (Wildman–Crippen LogP) is 3.82. The van der Waals surface area contributed by atoms with Crippen LogP contribution in [0.15, 0.2) is 36.4 Å². The Hall–Kier alpha value is -2.13. The third-order valence-corrected chi connectivity index (χ3v) is 5.76. The molecule has 0 saturated carbocycles. The Bertz CT molecular complexity index is 897. The summed E-state index contributed by atoms with van der Waals surface area (Å²) in [6, 6.07) is 12.2. The summed E-state index contributed by atoms with van der Waals surface area (Å²) in [6.07, 6.45) is 2.54. The highest BCUT2D eigenvalue weighted by Crippen LogP contribution is 2.40. The fourth-order valence-corrected chi connectivity index (χ4v) is 4.40. The maximum atomic E-state index is 13.8. The van der Waals surface area contributed by atoms with E-state index < -0.39 is 0 Å². The second kappa shape index (κ2) is 7.47. The van der Waals surface area contributed by atoms with E-state index in [1.165, 1.54) is 6.07 Å². The van der Waals surface area contributed by atoms with Crippen LogP contribution in [-0.2, 0) is 6.42 Å². The number of benzene rings is 2. The number of nitriles is 1. The standard InChI is InChI=1S/C21H21ClFN3O/c22-18-8-13(11-24)3-6-20(18)27-21-17-5-4-15(23)9-14(17)10-19(21)26-7-1-2-16(25)12-26/h3-6,8-9,16,19,21H,1-2,7,10,12,25H2/t16-,19-,21-/m1/s1. The van der Waals surface area contributed by atoms with Gasteiger partial charge < -0.3 is 10.5 Å². The van der Waals surface area contributed by atoms with E-state index in [2.05, 4.69) is 11.0 Å². The summed E-state index contributed by atoms with van der Waals surface area (Å²) in [4.78, 5) is 2.36. The minimum atomic E-state index is -0.253. The number of likely N-dealkylation sites (tertiary alicyclic amines) is 1. The number of nitrogens with zero attached hydrogens (tertiary/aromatic N) is 2. The van der Waals surface area contributed by atoms with Gasteiger partial charge in [0.15, 0.2) is 0 Å². The highest BCUT2D eigenvalue weighted by molar-refractivity contribution is 6.32. The monoisotopic (exact) mass is 385 g/mol. The summed E-state index contributed by atoms with van der Waals surface area (Å²) in [5.41, 5.74) is 8.62. The van der Waals surface area contributed by atoms with Gasteiger partial charge in [-0.1, -0.05) is 17.7 Å². The van der Waals surface area contributed by atoms with Crippen molar-refractivity contribution in [3.05, 3.63) is 63.9 Å². The molecule has 2 aromatic carbocycles. The second-order valence-electron chi connectivity index (χ2n) is 7.31. The van der Waals surface area contributed by atoms with Gasteiger partial charge in [0.05, 0.1) is 22.7 Å². The Morgan fingerprint density at radius 1 is 1.26 bits per heavy atom. The molecule has 4 rings (SSSR count). The van der Waals surface area contributed by atoms with Crippen molar-refractivity contribution >= 4 is 11.6 Å². The van der Waals surface area contributed by atoms with Crippen LogP contribution in [0.3, 0.4) is 0 Å². The van der Waals surface area contributed by atoms with Crippen molar-refractivity contribution < 1.29 is 9.13 Å². The molecule has 0 spiro atoms. The van der Waals surface area contributed by atoms with Crippen molar-refractivity contribution in [3.8, 4) is 11.8 Å². The fourth-order valence-electron chi connectivity index (χ4n) is 4.18. The first kappa shape index (κ1) is 18.2. The number of ether oxygens (including phenoxy) is 1. The fraction of sp³-hybridized carbons (Fsp3) is 0.381. The Balaban J connectivity index is 1.66. The average Bonchev–Trinajstić information content (AvgIpc) is 3.00. The SMILES string of the molecule is N#Cc1ccc(O[C@@H]2c3ccc(F)cc3C[C@H]2N2CCC[C@@H](N)C2)c(Cl)c1. The molecule has 6 heteroatoms. The van der Waals surface area contributed by atoms with Gasteiger partial charge in [0.1, 0.15) is 17.7 Å². The van der Waals surface area contributed by atoms with Gasteiger partial charge in [-0.25, -0.2) is 4.39 Å². The van der Waals surface area contributed by atoms with E-state index in [1.807, 2.05) is 0 Å². The molecule has 4 nitrogen and oxygen atoms in total. The summed E-state index contributed by atoms with van der Waals surface area (Å²) >= 11 is 6.33. The number of piperidine rings is 1. The molecule has 3 atom stereocenters. The van der Waals surface area contributed by atoms with Gasteiger partial charge in [0.2, 0.25) is 0 Å². The summed E-state index contributed by atoms with van der Waals surface area (Å²) in [5, 5.41) is 9.43. The molecule has 2 N–H and O–H groups in total. The Morgan fingerprint density at radius 2 is 2.11 bits per heavy atom. The van der Waals surface area contributed by atoms with Crippen LogP contribution in [0, 0.1) is 17.1 Å². The van der Waals surface area contributed by atoms with Crippen molar-refractivity contribution in [2.75, 3.05) is 13.1 Å². The molecule has 1 saturated heterocycles. The molecule has 0 amide bonds. The normalized spacial score (nSPS) is 25.0. The van der Waals surface area contributed by atoms with Crippen LogP contribution in [-0.4, -0.2) is 30.1 Å². The van der Waals surface area contributed by atoms with E-state index in [-0.39, 0.29) is 24.0 Å². The zero-order valence-corrected chi connectivity index (χ0v) is 15.6. The number of hydrogen-bond acceptors (Lipinski definition) is 4. The van der Waals surface area contributed by atoms with E-state index in [0.717, 1.165) is 43.5 Å². The number of fused-ring (bicyclic) bond motifs is 1. The van der Waals surface area contributed by atoms with Gasteiger partial charge >= 0.3 is 0 Å². The lowest BCUT2D eigenvalue weighted by molar-refractivity contribution is 0.0594. The van der Waals surface area contributed by atoms with Gasteiger partial charge in [0.25, 0.3) is 0 Å². The predicted molar refractivity (Wildman–Crippen MR) is 102 cm³/mol. The van der Waals surface area contributed by atoms with Crippen LogP contribution in [0.1, 0.15) is 35.6 Å². The van der Waals surface area contributed by atoms with Crippen LogP contribution in [0.5, 0.6) is 5.75 Å². The van der Waals surface area contributed by atoms with Gasteiger partial charge in [-0.15, -0.1) is 0 Å². The molecule has 2 aliphatic rings. The first-order chi connectivity index (χ1) is 13.0. The lowest BCUT2D eigenvalue weighted by Crippen LogP contribution is -2.49. The summed E-state index contributed by atoms with van der Waals surface area (Å²) < 4.78 is 20.1. The lowest BCUT2D eigenvalue weighted by Gasteiger charge is -2.38. The van der Waals surface area contributed by atoms with Gasteiger partial charge in [-0.2, -0.15) is 5.26 Å². The largest absolute Gasteiger partial charge is 0.482 e. The van der Waals surface area contributed by atoms with Crippen molar-refractivity contribution in [2.24, 2.45) is 5.73 Å². The quantitative estimate of drug-likeness (QED) is 0.872. The lowest BCUT2D eigenvalue weighted by atomic mass is 10.0. The van der Waals surface area contributed by atoms with Crippen molar-refractivity contribution in [3.63, 3.8) is 0 Å². The second-order valence-corrected chi connectivity index (χ2v) is 7.71. The molecular weight excluding hydrogens is 365 g/mol. The number of halogens is 2. The topological polar surface area (TPSA) is 62.3 Å². The Kier molecular flexibility index (Phi) is 5.05. The third-order valence-electron chi connectivity index (χ3n) is 5.46. The molecular formula is C21H21ClFN3O. The number of hydrogen-bond donors (Lipinski definition) is 1. The van der Waals surface area contributed by atoms with Gasteiger partial charge in [0, 0.05) is 12.6 Å². The molecule has 27 heavy (non-hydrogen) atoms. The van der Waals surface area contributed by atoms with Crippen LogP contribution in [0.25, 0.3) is 0 Å². The van der Waals surface area contributed by atoms with Crippen LogP contribution in [0.4, 0.5) is 4.39 Å². The molecule has 0 unspecified atom stereocenters. The minimum Gasteiger partial charge on any atom is -0.482 e. The first-order valence-corrected chi connectivity index (χ1v) is 9.57. The molecule has 1 heterocycles. The maximum absolute atomic E-state index is 13.8. The zero-order chi connectivity index (χ0) is 19.0. The van der Waals surface area contributed by atoms with Gasteiger partial charge in [-0.3, -0.25) is 4.90 Å². The Morgan fingerprint density at radius 3 is 2.85 bits per heavy atom. The molecule has 140 valence electrons. The van der Waals surface area contributed by atoms with E-state index in [1.54, 1.807) is 30.3 Å². The molecule has 1 aliphatic carbocycles. The number of nitrogens with two attached hydrogens (primary N) is 1. The molecule has 0 bridgehead atoms. The smallest absolute Gasteiger partial charge is 0.140 e. The minimum absolute atomic E-state index is 0.0832. The Labute approximate surface area is 163 Å². The zero-order valence-electron chi connectivity index (χ0n) is 14.9. The van der Waals surface area contributed by atoms with Crippen LogP contribution >= 0.6 is 11.6 Å². The average molecular weight is 386 g/mol. The molecule has 0 radical (unpaired) electrons. The highest BCUT2D eigenvalue weighted by atomic mass is 35.5. The van der Waals surface area contributed by atoms with Crippen LogP contribution < -0.4 is 10.5 Å². The molecule has 1 aliphatic heterocycles. The first-order valence-electron chi connectivity index (χ1n) is 9.19. The van der Waals surface area contributed by atoms with E-state index in [9.17, 15) is 4.39 Å². The highest BCUT2D eigenvalue weighted by Gasteiger charge is 2.39. The molecule has 0 aromatic heterocycles. The van der Waals surface area contributed by atoms with E-state index in [0.29, 0.717) is 16.3 Å². The van der Waals surface area contributed by atoms with E-state index >= 15 is 0 Å². The third kappa shape index (κ3) is 3.66. The van der Waals surface area contributed by atoms with Crippen molar-refractivity contribution in [2.45, 2.75) is 37.5 Å². The van der Waals surface area contributed by atoms with E-state index in [4.69, 9.17) is 27.3 Å². The summed E-state index contributed by atoms with van der Waals surface area (Å²) in [5.74, 6) is 0.295. The number of rotatable bonds is 3.